The average molecular weight is 295 g/mol. The van der Waals surface area contributed by atoms with E-state index in [0.717, 1.165) is 22.5 Å². The molecule has 0 aliphatic carbocycles. The number of aryl methyl sites for hydroxylation is 1. The highest BCUT2D eigenvalue weighted by atomic mass is 35.5. The quantitative estimate of drug-likeness (QED) is 0.786. The Hall–Kier alpha value is -1.99. The second kappa shape index (κ2) is 4.60. The molecule has 0 unspecified atom stereocenters. The lowest BCUT2D eigenvalue weighted by atomic mass is 10.1. The SMILES string of the molecule is Cc1c(C(=O)Nc2nnns2)oc2ccc(Cl)cc12. The van der Waals surface area contributed by atoms with Gasteiger partial charge in [-0.1, -0.05) is 21.2 Å². The first-order valence-corrected chi connectivity index (χ1v) is 6.45. The summed E-state index contributed by atoms with van der Waals surface area (Å²) in [5.74, 6) is -0.157. The van der Waals surface area contributed by atoms with Gasteiger partial charge in [0.15, 0.2) is 5.76 Å². The Morgan fingerprint density at radius 1 is 1.47 bits per heavy atom. The lowest BCUT2D eigenvalue weighted by molar-refractivity contribution is 0.0998. The predicted molar refractivity (Wildman–Crippen MR) is 71.6 cm³/mol. The topological polar surface area (TPSA) is 80.9 Å². The van der Waals surface area contributed by atoms with Crippen molar-refractivity contribution >= 4 is 45.1 Å². The van der Waals surface area contributed by atoms with Crippen LogP contribution >= 0.6 is 23.1 Å². The summed E-state index contributed by atoms with van der Waals surface area (Å²) >= 11 is 6.92. The van der Waals surface area contributed by atoms with Gasteiger partial charge in [0.2, 0.25) is 5.13 Å². The van der Waals surface area contributed by atoms with E-state index in [2.05, 4.69) is 20.1 Å². The number of fused-ring (bicyclic) bond motifs is 1. The molecule has 0 aliphatic rings. The van der Waals surface area contributed by atoms with Gasteiger partial charge in [0.25, 0.3) is 5.91 Å². The third-order valence-electron chi connectivity index (χ3n) is 2.62. The molecule has 0 fully saturated rings. The minimum atomic E-state index is -0.386. The molecule has 6 nitrogen and oxygen atoms in total. The first-order chi connectivity index (χ1) is 9.15. The van der Waals surface area contributed by atoms with Crippen molar-refractivity contribution in [3.8, 4) is 0 Å². The molecular formula is C11H7ClN4O2S. The van der Waals surface area contributed by atoms with Crippen LogP contribution < -0.4 is 5.32 Å². The number of carbonyl (C=O) groups excluding carboxylic acids is 1. The van der Waals surface area contributed by atoms with E-state index in [1.165, 1.54) is 0 Å². The van der Waals surface area contributed by atoms with E-state index in [-0.39, 0.29) is 11.7 Å². The largest absolute Gasteiger partial charge is 0.451 e. The van der Waals surface area contributed by atoms with Crippen LogP contribution in [0.3, 0.4) is 0 Å². The summed E-state index contributed by atoms with van der Waals surface area (Å²) in [6.07, 6.45) is 0. The predicted octanol–water partition coefficient (Wildman–Crippen LogP) is 2.89. The summed E-state index contributed by atoms with van der Waals surface area (Å²) in [6, 6.07) is 5.20. The molecule has 8 heteroatoms. The number of rotatable bonds is 2. The number of anilines is 1. The molecule has 96 valence electrons. The molecule has 3 rings (SSSR count). The zero-order valence-electron chi connectivity index (χ0n) is 9.68. The average Bonchev–Trinajstić information content (AvgIpc) is 2.98. The van der Waals surface area contributed by atoms with Crippen molar-refractivity contribution in [2.24, 2.45) is 0 Å². The Bertz CT molecular complexity index is 753. The van der Waals surface area contributed by atoms with Gasteiger partial charge in [-0.3, -0.25) is 10.1 Å². The maximum absolute atomic E-state index is 12.1. The number of benzene rings is 1. The molecule has 0 spiro atoms. The van der Waals surface area contributed by atoms with E-state index in [1.54, 1.807) is 25.1 Å². The maximum atomic E-state index is 12.1. The van der Waals surface area contributed by atoms with Crippen LogP contribution in [0.1, 0.15) is 16.1 Å². The molecule has 0 saturated heterocycles. The molecule has 19 heavy (non-hydrogen) atoms. The maximum Gasteiger partial charge on any atom is 0.293 e. The van der Waals surface area contributed by atoms with E-state index in [9.17, 15) is 4.79 Å². The van der Waals surface area contributed by atoms with Crippen LogP contribution in [0, 0.1) is 6.92 Å². The van der Waals surface area contributed by atoms with Crippen LogP contribution in [0.15, 0.2) is 22.6 Å². The Morgan fingerprint density at radius 2 is 2.32 bits per heavy atom. The number of amides is 1. The molecule has 2 aromatic heterocycles. The molecule has 0 atom stereocenters. The van der Waals surface area contributed by atoms with E-state index >= 15 is 0 Å². The van der Waals surface area contributed by atoms with Gasteiger partial charge in [0.1, 0.15) is 5.58 Å². The van der Waals surface area contributed by atoms with Crippen LogP contribution in [0.2, 0.25) is 5.02 Å². The molecule has 1 aromatic carbocycles. The Kier molecular flexibility index (Phi) is 2.92. The lowest BCUT2D eigenvalue weighted by Crippen LogP contribution is -2.11. The van der Waals surface area contributed by atoms with Crippen molar-refractivity contribution in [2.45, 2.75) is 6.92 Å². The monoisotopic (exact) mass is 294 g/mol. The summed E-state index contributed by atoms with van der Waals surface area (Å²) in [4.78, 5) is 12.1. The highest BCUT2D eigenvalue weighted by Crippen LogP contribution is 2.28. The number of nitrogens with one attached hydrogen (secondary N) is 1. The molecule has 1 N–H and O–H groups in total. The number of hydrogen-bond acceptors (Lipinski definition) is 6. The van der Waals surface area contributed by atoms with Crippen LogP contribution in [0.4, 0.5) is 5.13 Å². The van der Waals surface area contributed by atoms with Gasteiger partial charge in [-0.05, 0) is 30.3 Å². The summed E-state index contributed by atoms with van der Waals surface area (Å²) < 4.78 is 9.09. The minimum absolute atomic E-state index is 0.229. The van der Waals surface area contributed by atoms with Crippen LogP contribution in [0.25, 0.3) is 11.0 Å². The first kappa shape index (κ1) is 12.1. The molecule has 3 aromatic rings. The number of hydrogen-bond donors (Lipinski definition) is 1. The molecule has 0 aliphatic heterocycles. The van der Waals surface area contributed by atoms with Crippen LogP contribution in [0.5, 0.6) is 0 Å². The van der Waals surface area contributed by atoms with E-state index in [4.69, 9.17) is 16.0 Å². The second-order valence-corrected chi connectivity index (χ2v) is 4.99. The standard InChI is InChI=1S/C11H7ClN4O2S/c1-5-7-4-6(12)2-3-8(7)18-9(5)10(17)13-11-14-15-16-19-11/h2-4H,1H3,(H,13,14,16,17). The molecule has 0 saturated carbocycles. The number of furan rings is 1. The zero-order valence-corrected chi connectivity index (χ0v) is 11.2. The van der Waals surface area contributed by atoms with Gasteiger partial charge in [-0.25, -0.2) is 0 Å². The third kappa shape index (κ3) is 2.18. The van der Waals surface area contributed by atoms with Gasteiger partial charge in [0.05, 0.1) is 0 Å². The summed E-state index contributed by atoms with van der Waals surface area (Å²) in [5, 5.41) is 11.3. The fourth-order valence-electron chi connectivity index (χ4n) is 1.75. The van der Waals surface area contributed by atoms with Crippen molar-refractivity contribution < 1.29 is 9.21 Å². The summed E-state index contributed by atoms with van der Waals surface area (Å²) in [5.41, 5.74) is 1.34. The smallest absolute Gasteiger partial charge is 0.293 e. The van der Waals surface area contributed by atoms with Crippen molar-refractivity contribution in [1.29, 1.82) is 0 Å². The summed E-state index contributed by atoms with van der Waals surface area (Å²) in [6.45, 7) is 1.80. The number of carbonyl (C=O) groups is 1. The number of aromatic nitrogens is 3. The Balaban J connectivity index is 2.00. The van der Waals surface area contributed by atoms with E-state index in [0.29, 0.717) is 15.7 Å². The normalized spacial score (nSPS) is 10.8. The van der Waals surface area contributed by atoms with Crippen molar-refractivity contribution in [3.05, 3.63) is 34.5 Å². The Morgan fingerprint density at radius 3 is 3.05 bits per heavy atom. The van der Waals surface area contributed by atoms with Gasteiger partial charge in [-0.2, -0.15) is 0 Å². The van der Waals surface area contributed by atoms with Crippen LogP contribution in [-0.2, 0) is 0 Å². The van der Waals surface area contributed by atoms with Crippen molar-refractivity contribution in [2.75, 3.05) is 5.32 Å². The van der Waals surface area contributed by atoms with Gasteiger partial charge in [-0.15, -0.1) is 0 Å². The van der Waals surface area contributed by atoms with E-state index in [1.807, 2.05) is 0 Å². The van der Waals surface area contributed by atoms with E-state index < -0.39 is 0 Å². The minimum Gasteiger partial charge on any atom is -0.451 e. The molecule has 0 radical (unpaired) electrons. The van der Waals surface area contributed by atoms with Gasteiger partial charge < -0.3 is 4.42 Å². The highest BCUT2D eigenvalue weighted by molar-refractivity contribution is 7.09. The molecule has 2 heterocycles. The van der Waals surface area contributed by atoms with Crippen LogP contribution in [-0.4, -0.2) is 20.7 Å². The highest BCUT2D eigenvalue weighted by Gasteiger charge is 2.18. The van der Waals surface area contributed by atoms with Crippen molar-refractivity contribution in [1.82, 2.24) is 14.8 Å². The third-order valence-corrected chi connectivity index (χ3v) is 3.37. The zero-order chi connectivity index (χ0) is 13.4. The molecule has 0 bridgehead atoms. The fourth-order valence-corrected chi connectivity index (χ4v) is 2.28. The molecular weight excluding hydrogens is 288 g/mol. The van der Waals surface area contributed by atoms with Gasteiger partial charge >= 0.3 is 0 Å². The Labute approximate surface area is 116 Å². The number of halogens is 1. The second-order valence-electron chi connectivity index (χ2n) is 3.82. The molecule has 1 amide bonds. The van der Waals surface area contributed by atoms with Crippen molar-refractivity contribution in [3.63, 3.8) is 0 Å². The summed E-state index contributed by atoms with van der Waals surface area (Å²) in [7, 11) is 0. The lowest BCUT2D eigenvalue weighted by Gasteiger charge is -1.97. The number of nitrogens with zero attached hydrogens (tertiary/aromatic N) is 3. The fraction of sp³-hybridized carbons (Fsp3) is 0.0909. The van der Waals surface area contributed by atoms with Gasteiger partial charge in [0, 0.05) is 27.5 Å². The first-order valence-electron chi connectivity index (χ1n) is 5.30.